The first kappa shape index (κ1) is 14.5. The second-order valence-electron chi connectivity index (χ2n) is 4.73. The number of rotatable bonds is 4. The Morgan fingerprint density at radius 3 is 2.55 bits per heavy atom. The van der Waals surface area contributed by atoms with Gasteiger partial charge in [-0.3, -0.25) is 0 Å². The lowest BCUT2D eigenvalue weighted by Gasteiger charge is -1.97. The molecular formula is C17H13BrN2O2. The first-order chi connectivity index (χ1) is 10.7. The molecule has 3 aromatic rings. The number of hydrogen-bond acceptors (Lipinski definition) is 4. The lowest BCUT2D eigenvalue weighted by atomic mass is 10.1. The molecule has 3 rings (SSSR count). The van der Waals surface area contributed by atoms with Crippen LogP contribution in [-0.4, -0.2) is 15.3 Å². The minimum atomic E-state index is 0.216. The van der Waals surface area contributed by atoms with Crippen molar-refractivity contribution >= 4 is 28.1 Å². The third-order valence-corrected chi connectivity index (χ3v) is 3.62. The van der Waals surface area contributed by atoms with Gasteiger partial charge in [-0.05, 0) is 29.8 Å². The number of hydrogen-bond donors (Lipinski definition) is 1. The first-order valence-corrected chi connectivity index (χ1v) is 7.53. The summed E-state index contributed by atoms with van der Waals surface area (Å²) < 4.78 is 6.61. The van der Waals surface area contributed by atoms with Gasteiger partial charge in [0.2, 0.25) is 11.8 Å². The molecule has 0 spiro atoms. The largest absolute Gasteiger partial charge is 0.507 e. The van der Waals surface area contributed by atoms with E-state index in [4.69, 9.17) is 4.42 Å². The van der Waals surface area contributed by atoms with Crippen LogP contribution in [0.5, 0.6) is 5.75 Å². The highest BCUT2D eigenvalue weighted by molar-refractivity contribution is 9.10. The van der Waals surface area contributed by atoms with Crippen LogP contribution in [-0.2, 0) is 6.42 Å². The molecule has 0 bridgehead atoms. The Kier molecular flexibility index (Phi) is 4.34. The minimum absolute atomic E-state index is 0.216. The van der Waals surface area contributed by atoms with E-state index >= 15 is 0 Å². The molecule has 4 nitrogen and oxygen atoms in total. The Hall–Kier alpha value is -2.40. The van der Waals surface area contributed by atoms with Gasteiger partial charge in [-0.25, -0.2) is 0 Å². The smallest absolute Gasteiger partial charge is 0.240 e. The van der Waals surface area contributed by atoms with E-state index in [9.17, 15) is 5.11 Å². The van der Waals surface area contributed by atoms with Crippen LogP contribution in [0.15, 0.2) is 57.4 Å². The quantitative estimate of drug-likeness (QED) is 0.756. The van der Waals surface area contributed by atoms with E-state index in [1.54, 1.807) is 24.3 Å². The summed E-state index contributed by atoms with van der Waals surface area (Å²) in [5, 5.41) is 17.7. The van der Waals surface area contributed by atoms with Crippen molar-refractivity contribution in [2.45, 2.75) is 6.42 Å². The molecule has 0 unspecified atom stereocenters. The molecule has 0 saturated carbocycles. The summed E-state index contributed by atoms with van der Waals surface area (Å²) in [6.45, 7) is 0. The molecule has 0 amide bonds. The first-order valence-electron chi connectivity index (χ1n) is 6.73. The van der Waals surface area contributed by atoms with Gasteiger partial charge >= 0.3 is 0 Å². The van der Waals surface area contributed by atoms with E-state index in [-0.39, 0.29) is 5.75 Å². The van der Waals surface area contributed by atoms with Gasteiger partial charge in [-0.15, -0.1) is 10.2 Å². The highest BCUT2D eigenvalue weighted by atomic mass is 79.9. The molecule has 0 aliphatic carbocycles. The standard InChI is InChI=1S/C17H13BrN2O2/c18-14-8-5-12(6-9-14)11-17-20-19-16(22-17)10-7-13-3-1-2-4-15(13)21/h1-10,21H,11H2. The van der Waals surface area contributed by atoms with Gasteiger partial charge in [-0.2, -0.15) is 0 Å². The molecule has 1 heterocycles. The van der Waals surface area contributed by atoms with E-state index in [1.165, 1.54) is 0 Å². The van der Waals surface area contributed by atoms with Crippen LogP contribution < -0.4 is 0 Å². The predicted molar refractivity (Wildman–Crippen MR) is 88.3 cm³/mol. The normalized spacial score (nSPS) is 11.1. The van der Waals surface area contributed by atoms with Crippen LogP contribution in [0, 0.1) is 0 Å². The average Bonchev–Trinajstić information content (AvgIpc) is 2.96. The van der Waals surface area contributed by atoms with Crippen LogP contribution in [0.25, 0.3) is 12.2 Å². The maximum absolute atomic E-state index is 9.69. The molecule has 5 heteroatoms. The predicted octanol–water partition coefficient (Wildman–Crippen LogP) is 4.30. The van der Waals surface area contributed by atoms with Crippen molar-refractivity contribution in [1.82, 2.24) is 10.2 Å². The second-order valence-corrected chi connectivity index (χ2v) is 5.65. The Morgan fingerprint density at radius 1 is 1.00 bits per heavy atom. The fourth-order valence-electron chi connectivity index (χ4n) is 1.97. The van der Waals surface area contributed by atoms with Crippen molar-refractivity contribution in [3.63, 3.8) is 0 Å². The third-order valence-electron chi connectivity index (χ3n) is 3.09. The summed E-state index contributed by atoms with van der Waals surface area (Å²) in [5.41, 5.74) is 1.80. The van der Waals surface area contributed by atoms with Crippen molar-refractivity contribution in [3.05, 3.63) is 75.9 Å². The summed E-state index contributed by atoms with van der Waals surface area (Å²) >= 11 is 3.40. The molecule has 0 saturated heterocycles. The highest BCUT2D eigenvalue weighted by Gasteiger charge is 2.05. The molecule has 0 aliphatic heterocycles. The van der Waals surface area contributed by atoms with Crippen LogP contribution in [0.1, 0.15) is 22.9 Å². The lowest BCUT2D eigenvalue weighted by molar-refractivity contribution is 0.474. The fraction of sp³-hybridized carbons (Fsp3) is 0.0588. The Labute approximate surface area is 136 Å². The number of benzene rings is 2. The summed E-state index contributed by atoms with van der Waals surface area (Å²) in [6, 6.07) is 15.0. The molecule has 0 radical (unpaired) electrons. The number of aromatic hydroxyl groups is 1. The fourth-order valence-corrected chi connectivity index (χ4v) is 2.24. The van der Waals surface area contributed by atoms with E-state index in [2.05, 4.69) is 26.1 Å². The van der Waals surface area contributed by atoms with Crippen molar-refractivity contribution in [3.8, 4) is 5.75 Å². The number of phenolic OH excluding ortho intramolecular Hbond substituents is 1. The monoisotopic (exact) mass is 356 g/mol. The van der Waals surface area contributed by atoms with Gasteiger partial charge in [0, 0.05) is 16.1 Å². The summed E-state index contributed by atoms with van der Waals surface area (Å²) in [5.74, 6) is 1.18. The Bertz CT molecular complexity index is 794. The van der Waals surface area contributed by atoms with E-state index < -0.39 is 0 Å². The van der Waals surface area contributed by atoms with Crippen LogP contribution in [0.2, 0.25) is 0 Å². The maximum Gasteiger partial charge on any atom is 0.240 e. The van der Waals surface area contributed by atoms with Gasteiger partial charge in [0.15, 0.2) is 0 Å². The summed E-state index contributed by atoms with van der Waals surface area (Å²) in [6.07, 6.45) is 4.02. The Balaban J connectivity index is 1.71. The van der Waals surface area contributed by atoms with Crippen molar-refractivity contribution < 1.29 is 9.52 Å². The van der Waals surface area contributed by atoms with E-state index in [0.717, 1.165) is 10.0 Å². The molecule has 0 aliphatic rings. The van der Waals surface area contributed by atoms with Crippen LogP contribution in [0.3, 0.4) is 0 Å². The molecule has 0 fully saturated rings. The molecule has 0 atom stereocenters. The zero-order valence-corrected chi connectivity index (χ0v) is 13.2. The van der Waals surface area contributed by atoms with Gasteiger partial charge in [0.1, 0.15) is 5.75 Å². The van der Waals surface area contributed by atoms with E-state index in [1.807, 2.05) is 36.4 Å². The van der Waals surface area contributed by atoms with Gasteiger partial charge in [0.25, 0.3) is 0 Å². The number of nitrogens with zero attached hydrogens (tertiary/aromatic N) is 2. The molecule has 110 valence electrons. The SMILES string of the molecule is Oc1ccccc1C=Cc1nnc(Cc2ccc(Br)cc2)o1. The zero-order valence-electron chi connectivity index (χ0n) is 11.6. The second kappa shape index (κ2) is 6.58. The maximum atomic E-state index is 9.69. The summed E-state index contributed by atoms with van der Waals surface area (Å²) in [7, 11) is 0. The van der Waals surface area contributed by atoms with Crippen molar-refractivity contribution in [2.75, 3.05) is 0 Å². The topological polar surface area (TPSA) is 59.2 Å². The molecule has 22 heavy (non-hydrogen) atoms. The zero-order chi connectivity index (χ0) is 15.4. The number of halogens is 1. The van der Waals surface area contributed by atoms with Gasteiger partial charge < -0.3 is 9.52 Å². The minimum Gasteiger partial charge on any atom is -0.507 e. The highest BCUT2D eigenvalue weighted by Crippen LogP contribution is 2.19. The lowest BCUT2D eigenvalue weighted by Crippen LogP contribution is -1.87. The number of para-hydroxylation sites is 1. The average molecular weight is 357 g/mol. The Morgan fingerprint density at radius 2 is 1.77 bits per heavy atom. The van der Waals surface area contributed by atoms with Crippen molar-refractivity contribution in [2.24, 2.45) is 0 Å². The van der Waals surface area contributed by atoms with Crippen molar-refractivity contribution in [1.29, 1.82) is 0 Å². The van der Waals surface area contributed by atoms with Crippen LogP contribution >= 0.6 is 15.9 Å². The summed E-state index contributed by atoms with van der Waals surface area (Å²) in [4.78, 5) is 0. The molecule has 2 aromatic carbocycles. The molecule has 1 aromatic heterocycles. The van der Waals surface area contributed by atoms with Gasteiger partial charge in [-0.1, -0.05) is 46.3 Å². The van der Waals surface area contributed by atoms with E-state index in [0.29, 0.717) is 23.8 Å². The van der Waals surface area contributed by atoms with Gasteiger partial charge in [0.05, 0.1) is 6.42 Å². The third kappa shape index (κ3) is 3.62. The van der Waals surface area contributed by atoms with Crippen LogP contribution in [0.4, 0.5) is 0 Å². The number of aromatic nitrogens is 2. The molecule has 1 N–H and O–H groups in total. The molecular weight excluding hydrogens is 344 g/mol. The number of phenols is 1.